The van der Waals surface area contributed by atoms with Crippen LogP contribution in [-0.4, -0.2) is 94.8 Å². The maximum atomic E-state index is 12.9. The Morgan fingerprint density at radius 1 is 0.710 bits per heavy atom. The third-order valence-corrected chi connectivity index (χ3v) is 7.20. The summed E-state index contributed by atoms with van der Waals surface area (Å²) in [5, 5.41) is 53.8. The molecule has 8 N–H and O–H groups in total. The van der Waals surface area contributed by atoms with E-state index in [-0.39, 0.29) is 21.2 Å². The van der Waals surface area contributed by atoms with Crippen LogP contribution in [0.1, 0.15) is 20.7 Å². The molecule has 11 nitrogen and oxygen atoms in total. The second kappa shape index (κ2) is 14.0. The number of hydrogen-bond acceptors (Lipinski definition) is 9. The summed E-state index contributed by atoms with van der Waals surface area (Å²) in [7, 11) is 0. The van der Waals surface area contributed by atoms with Crippen molar-refractivity contribution < 1.29 is 39.9 Å². The highest BCUT2D eigenvalue weighted by molar-refractivity contribution is 14.1. The smallest absolute Gasteiger partial charge is 0.253 e. The summed E-state index contributed by atoms with van der Waals surface area (Å²) in [5.74, 6) is -1.84. The molecule has 0 spiro atoms. The van der Waals surface area contributed by atoms with Gasteiger partial charge in [0.1, 0.15) is 6.61 Å². The SMILES string of the molecule is O=C(CO)CNc1c(I)c(C(=O)NC(CO)CO)c(I)c(C(=O)NC(CO)CO)c1I. The van der Waals surface area contributed by atoms with Gasteiger partial charge in [-0.15, -0.1) is 0 Å². The van der Waals surface area contributed by atoms with Gasteiger partial charge in [0.05, 0.1) is 69.0 Å². The predicted molar refractivity (Wildman–Crippen MR) is 136 cm³/mol. The van der Waals surface area contributed by atoms with Crippen LogP contribution in [0.4, 0.5) is 5.69 Å². The van der Waals surface area contributed by atoms with Gasteiger partial charge in [0.15, 0.2) is 5.78 Å². The molecule has 0 radical (unpaired) electrons. The molecular formula is C17H22I3N3O8. The van der Waals surface area contributed by atoms with Gasteiger partial charge in [-0.2, -0.15) is 0 Å². The Labute approximate surface area is 218 Å². The average molecular weight is 777 g/mol. The zero-order valence-electron chi connectivity index (χ0n) is 16.0. The van der Waals surface area contributed by atoms with Crippen LogP contribution in [0.5, 0.6) is 0 Å². The van der Waals surface area contributed by atoms with Gasteiger partial charge in [-0.1, -0.05) is 0 Å². The highest BCUT2D eigenvalue weighted by Crippen LogP contribution is 2.35. The van der Waals surface area contributed by atoms with E-state index in [0.29, 0.717) is 12.8 Å². The standard InChI is InChI=1S/C17H22I3N3O8/c18-12-10(16(30)22-7(2-24)3-25)13(19)15(21-1-9(29)6-28)14(20)11(12)17(31)23-8(4-26)5-27/h7-8,21,24-28H,1-6H2,(H,22,30)(H,23,31). The molecule has 1 aromatic rings. The van der Waals surface area contributed by atoms with E-state index >= 15 is 0 Å². The van der Waals surface area contributed by atoms with Gasteiger partial charge in [-0.25, -0.2) is 0 Å². The first-order chi connectivity index (χ1) is 14.7. The molecule has 0 fully saturated rings. The number of halogens is 3. The number of nitrogens with one attached hydrogen (secondary N) is 3. The summed E-state index contributed by atoms with van der Waals surface area (Å²) in [5.41, 5.74) is 0.442. The van der Waals surface area contributed by atoms with E-state index in [2.05, 4.69) is 16.0 Å². The number of aliphatic hydroxyl groups excluding tert-OH is 5. The molecule has 0 aliphatic carbocycles. The summed E-state index contributed by atoms with van der Waals surface area (Å²) in [6.45, 7) is -2.95. The van der Waals surface area contributed by atoms with Crippen molar-refractivity contribution in [2.75, 3.05) is 44.9 Å². The van der Waals surface area contributed by atoms with Gasteiger partial charge in [0.25, 0.3) is 11.8 Å². The first kappa shape index (κ1) is 28.7. The summed E-state index contributed by atoms with van der Waals surface area (Å²) in [6, 6.07) is -1.84. The van der Waals surface area contributed by atoms with E-state index in [1.165, 1.54) is 0 Å². The van der Waals surface area contributed by atoms with Crippen molar-refractivity contribution in [3.8, 4) is 0 Å². The quantitative estimate of drug-likeness (QED) is 0.119. The first-order valence-electron chi connectivity index (χ1n) is 8.78. The molecule has 0 aliphatic rings. The molecule has 1 rings (SSSR count). The summed E-state index contributed by atoms with van der Waals surface area (Å²) in [6.07, 6.45) is 0. The number of anilines is 1. The molecule has 0 aromatic heterocycles. The van der Waals surface area contributed by atoms with Crippen molar-refractivity contribution in [3.63, 3.8) is 0 Å². The number of amides is 2. The highest BCUT2D eigenvalue weighted by atomic mass is 127. The molecule has 0 atom stereocenters. The number of rotatable bonds is 12. The van der Waals surface area contributed by atoms with Crippen LogP contribution in [0, 0.1) is 10.7 Å². The zero-order chi connectivity index (χ0) is 23.7. The number of aliphatic hydroxyl groups is 5. The Bertz CT molecular complexity index is 763. The van der Waals surface area contributed by atoms with Gasteiger partial charge in [-0.3, -0.25) is 14.4 Å². The van der Waals surface area contributed by atoms with E-state index in [1.807, 2.05) is 67.8 Å². The predicted octanol–water partition coefficient (Wildman–Crippen LogP) is -1.36. The fraction of sp³-hybridized carbons (Fsp3) is 0.471. The number of carbonyl (C=O) groups excluding carboxylic acids is 3. The lowest BCUT2D eigenvalue weighted by Crippen LogP contribution is -2.42. The Kier molecular flexibility index (Phi) is 12.9. The molecule has 31 heavy (non-hydrogen) atoms. The normalized spacial score (nSPS) is 11.0. The molecule has 0 saturated carbocycles. The van der Waals surface area contributed by atoms with E-state index in [9.17, 15) is 34.8 Å². The van der Waals surface area contributed by atoms with Crippen LogP contribution in [0.15, 0.2) is 0 Å². The molecule has 0 unspecified atom stereocenters. The fourth-order valence-corrected chi connectivity index (χ4v) is 6.80. The van der Waals surface area contributed by atoms with Crippen LogP contribution in [-0.2, 0) is 4.79 Å². The van der Waals surface area contributed by atoms with Gasteiger partial charge in [0.2, 0.25) is 0 Å². The summed E-state index contributed by atoms with van der Waals surface area (Å²) in [4.78, 5) is 37.3. The van der Waals surface area contributed by atoms with E-state index in [0.717, 1.165) is 0 Å². The lowest BCUT2D eigenvalue weighted by molar-refractivity contribution is -0.120. The maximum Gasteiger partial charge on any atom is 0.253 e. The van der Waals surface area contributed by atoms with E-state index in [4.69, 9.17) is 5.11 Å². The topological polar surface area (TPSA) is 188 Å². The minimum absolute atomic E-state index is 0.0714. The molecule has 0 aliphatic heterocycles. The van der Waals surface area contributed by atoms with Gasteiger partial charge < -0.3 is 41.5 Å². The highest BCUT2D eigenvalue weighted by Gasteiger charge is 2.29. The van der Waals surface area contributed by atoms with Crippen LogP contribution in [0.25, 0.3) is 0 Å². The van der Waals surface area contributed by atoms with Gasteiger partial charge >= 0.3 is 0 Å². The zero-order valence-corrected chi connectivity index (χ0v) is 22.5. The molecule has 0 bridgehead atoms. The minimum Gasteiger partial charge on any atom is -0.394 e. The Morgan fingerprint density at radius 2 is 1.10 bits per heavy atom. The molecule has 0 saturated heterocycles. The molecule has 2 amide bonds. The van der Waals surface area contributed by atoms with E-state index in [1.54, 1.807) is 0 Å². The Morgan fingerprint density at radius 3 is 1.42 bits per heavy atom. The summed E-state index contributed by atoms with van der Waals surface area (Å²) >= 11 is 5.56. The monoisotopic (exact) mass is 777 g/mol. The number of Topliss-reactive ketones (excluding diaryl/α,β-unsaturated/α-hetero) is 1. The molecular weight excluding hydrogens is 755 g/mol. The minimum atomic E-state index is -0.920. The van der Waals surface area contributed by atoms with E-state index < -0.39 is 62.7 Å². The average Bonchev–Trinajstić information content (AvgIpc) is 2.75. The van der Waals surface area contributed by atoms with Crippen molar-refractivity contribution in [3.05, 3.63) is 21.8 Å². The molecule has 14 heteroatoms. The third kappa shape index (κ3) is 7.57. The van der Waals surface area contributed by atoms with Crippen molar-refractivity contribution in [1.29, 1.82) is 0 Å². The first-order valence-corrected chi connectivity index (χ1v) is 12.0. The largest absolute Gasteiger partial charge is 0.394 e. The van der Waals surface area contributed by atoms with Crippen LogP contribution in [0.2, 0.25) is 0 Å². The number of carbonyl (C=O) groups is 3. The summed E-state index contributed by atoms with van der Waals surface area (Å²) < 4.78 is 1.01. The number of benzene rings is 1. The van der Waals surface area contributed by atoms with Crippen molar-refractivity contribution >= 4 is 91.1 Å². The molecule has 0 heterocycles. The Hall–Kier alpha value is -0.380. The van der Waals surface area contributed by atoms with Crippen LogP contribution >= 0.6 is 67.8 Å². The number of ketones is 1. The molecule has 1 aromatic carbocycles. The molecule has 174 valence electrons. The lowest BCUT2D eigenvalue weighted by atomic mass is 10.1. The van der Waals surface area contributed by atoms with Crippen LogP contribution < -0.4 is 16.0 Å². The van der Waals surface area contributed by atoms with Crippen LogP contribution in [0.3, 0.4) is 0 Å². The Balaban J connectivity index is 3.58. The van der Waals surface area contributed by atoms with Gasteiger partial charge in [0, 0.05) is 3.57 Å². The third-order valence-electron chi connectivity index (χ3n) is 3.96. The lowest BCUT2D eigenvalue weighted by Gasteiger charge is -2.22. The van der Waals surface area contributed by atoms with Gasteiger partial charge in [-0.05, 0) is 67.8 Å². The second-order valence-corrected chi connectivity index (χ2v) is 9.42. The second-order valence-electron chi connectivity index (χ2n) is 6.19. The van der Waals surface area contributed by atoms with Crippen molar-refractivity contribution in [1.82, 2.24) is 10.6 Å². The fourth-order valence-electron chi connectivity index (χ4n) is 2.27. The van der Waals surface area contributed by atoms with Crippen molar-refractivity contribution in [2.24, 2.45) is 0 Å². The maximum absolute atomic E-state index is 12.9. The number of hydrogen-bond donors (Lipinski definition) is 8. The van der Waals surface area contributed by atoms with Crippen molar-refractivity contribution in [2.45, 2.75) is 12.1 Å².